The third-order valence-corrected chi connectivity index (χ3v) is 7.67. The lowest BCUT2D eigenvalue weighted by atomic mass is 9.99. The first-order valence-corrected chi connectivity index (χ1v) is 11.6. The van der Waals surface area contributed by atoms with Crippen LogP contribution in [0.4, 0.5) is 5.13 Å². The van der Waals surface area contributed by atoms with Crippen LogP contribution >= 0.6 is 11.3 Å². The van der Waals surface area contributed by atoms with Crippen molar-refractivity contribution in [2.24, 2.45) is 11.8 Å². The van der Waals surface area contributed by atoms with Gasteiger partial charge in [-0.1, -0.05) is 72.0 Å². The molecule has 4 nitrogen and oxygen atoms in total. The fraction of sp³-hybridized carbons (Fsp3) is 0.231. The van der Waals surface area contributed by atoms with E-state index in [1.54, 1.807) is 11.3 Å². The molecule has 0 spiro atoms. The van der Waals surface area contributed by atoms with Crippen LogP contribution in [0.25, 0.3) is 21.3 Å². The Morgan fingerprint density at radius 3 is 2.26 bits per heavy atom. The molecule has 0 saturated carbocycles. The van der Waals surface area contributed by atoms with Crippen molar-refractivity contribution in [3.8, 4) is 11.1 Å². The lowest BCUT2D eigenvalue weighted by Gasteiger charge is -2.22. The number of anilines is 1. The van der Waals surface area contributed by atoms with Crippen LogP contribution in [0.15, 0.2) is 78.9 Å². The number of para-hydroxylation sites is 1. The molecule has 2 saturated heterocycles. The van der Waals surface area contributed by atoms with Crippen molar-refractivity contribution in [3.63, 3.8) is 0 Å². The molecular formula is C26H23N3OS. The summed E-state index contributed by atoms with van der Waals surface area (Å²) in [5, 5.41) is 1.11. The minimum Gasteiger partial charge on any atom is -0.347 e. The van der Waals surface area contributed by atoms with Crippen LogP contribution in [-0.2, 0) is 0 Å². The number of rotatable bonds is 3. The number of likely N-dealkylation sites (tertiary alicyclic amines) is 1. The minimum atomic E-state index is 0.153. The van der Waals surface area contributed by atoms with Gasteiger partial charge >= 0.3 is 0 Å². The monoisotopic (exact) mass is 425 g/mol. The zero-order valence-corrected chi connectivity index (χ0v) is 18.0. The average Bonchev–Trinajstić information content (AvgIpc) is 3.52. The second-order valence-electron chi connectivity index (χ2n) is 8.51. The van der Waals surface area contributed by atoms with Crippen LogP contribution in [0.2, 0.25) is 0 Å². The Morgan fingerprint density at radius 1 is 0.806 bits per heavy atom. The Morgan fingerprint density at radius 2 is 1.48 bits per heavy atom. The quantitative estimate of drug-likeness (QED) is 0.454. The van der Waals surface area contributed by atoms with E-state index in [0.29, 0.717) is 11.8 Å². The van der Waals surface area contributed by atoms with E-state index in [2.05, 4.69) is 40.1 Å². The van der Waals surface area contributed by atoms with Gasteiger partial charge in [-0.05, 0) is 29.3 Å². The molecule has 2 fully saturated rings. The summed E-state index contributed by atoms with van der Waals surface area (Å²) in [5.74, 6) is 1.18. The van der Waals surface area contributed by atoms with Gasteiger partial charge in [0.25, 0.3) is 5.91 Å². The zero-order chi connectivity index (χ0) is 20.8. The second-order valence-corrected chi connectivity index (χ2v) is 9.52. The van der Waals surface area contributed by atoms with E-state index in [0.717, 1.165) is 53.5 Å². The lowest BCUT2D eigenvalue weighted by molar-refractivity contribution is 0.0783. The van der Waals surface area contributed by atoms with Crippen molar-refractivity contribution in [1.29, 1.82) is 0 Å². The van der Waals surface area contributed by atoms with Crippen LogP contribution < -0.4 is 4.90 Å². The Hall–Kier alpha value is -3.18. The summed E-state index contributed by atoms with van der Waals surface area (Å²) in [6.07, 6.45) is 0. The highest BCUT2D eigenvalue weighted by molar-refractivity contribution is 7.22. The Balaban J connectivity index is 1.19. The number of carbonyl (C=O) groups excluding carboxylic acids is 1. The predicted octanol–water partition coefficient (Wildman–Crippen LogP) is 5.17. The zero-order valence-electron chi connectivity index (χ0n) is 17.1. The summed E-state index contributed by atoms with van der Waals surface area (Å²) in [6, 6.07) is 26.5. The van der Waals surface area contributed by atoms with Gasteiger partial charge in [0, 0.05) is 43.6 Å². The maximum absolute atomic E-state index is 13.4. The predicted molar refractivity (Wildman–Crippen MR) is 127 cm³/mol. The van der Waals surface area contributed by atoms with Crippen molar-refractivity contribution < 1.29 is 4.79 Å². The number of carbonyl (C=O) groups is 1. The van der Waals surface area contributed by atoms with E-state index in [9.17, 15) is 4.79 Å². The first kappa shape index (κ1) is 18.6. The summed E-state index contributed by atoms with van der Waals surface area (Å²) < 4.78 is 1.24. The number of hydrogen-bond acceptors (Lipinski definition) is 4. The Kier molecular flexibility index (Phi) is 4.50. The molecule has 0 aliphatic carbocycles. The Labute approximate surface area is 185 Å². The molecule has 1 aromatic heterocycles. The van der Waals surface area contributed by atoms with Gasteiger partial charge in [0.1, 0.15) is 0 Å². The van der Waals surface area contributed by atoms with E-state index in [1.807, 2.05) is 48.5 Å². The molecule has 0 N–H and O–H groups in total. The number of thiazole rings is 1. The van der Waals surface area contributed by atoms with Gasteiger partial charge in [-0.3, -0.25) is 4.79 Å². The number of amides is 1. The highest BCUT2D eigenvalue weighted by atomic mass is 32.1. The van der Waals surface area contributed by atoms with Crippen LogP contribution in [0, 0.1) is 11.8 Å². The molecule has 2 atom stereocenters. The summed E-state index contributed by atoms with van der Waals surface area (Å²) in [5.41, 5.74) is 3.99. The molecule has 0 bridgehead atoms. The molecule has 1 amide bonds. The van der Waals surface area contributed by atoms with Gasteiger partial charge in [-0.25, -0.2) is 4.98 Å². The van der Waals surface area contributed by atoms with E-state index < -0.39 is 0 Å². The highest BCUT2D eigenvalue weighted by Gasteiger charge is 2.42. The van der Waals surface area contributed by atoms with Gasteiger partial charge in [-0.2, -0.15) is 0 Å². The van der Waals surface area contributed by atoms with Crippen LogP contribution in [0.5, 0.6) is 0 Å². The summed E-state index contributed by atoms with van der Waals surface area (Å²) >= 11 is 1.77. The molecule has 31 heavy (non-hydrogen) atoms. The van der Waals surface area contributed by atoms with Gasteiger partial charge in [0.2, 0.25) is 0 Å². The van der Waals surface area contributed by atoms with Crippen molar-refractivity contribution in [2.75, 3.05) is 31.1 Å². The molecule has 2 aliphatic rings. The standard InChI is InChI=1S/C26H23N3OS/c30-25(22-11-5-4-10-21(22)18-8-2-1-3-9-18)28-14-19-16-29(17-20(19)15-28)26-27-23-12-6-7-13-24(23)31-26/h1-13,19-20H,14-17H2/t19-,20+. The SMILES string of the molecule is O=C(c1ccccc1-c1ccccc1)N1C[C@@H]2CN(c3nc4ccccc4s3)C[C@@H]2C1. The average molecular weight is 426 g/mol. The largest absolute Gasteiger partial charge is 0.347 e. The summed E-state index contributed by atoms with van der Waals surface area (Å²) in [4.78, 5) is 22.8. The summed E-state index contributed by atoms with van der Waals surface area (Å²) in [7, 11) is 0. The maximum Gasteiger partial charge on any atom is 0.254 e. The molecule has 4 aromatic rings. The topological polar surface area (TPSA) is 36.4 Å². The minimum absolute atomic E-state index is 0.153. The van der Waals surface area contributed by atoms with Crippen molar-refractivity contribution in [3.05, 3.63) is 84.4 Å². The van der Waals surface area contributed by atoms with Crippen molar-refractivity contribution in [2.45, 2.75) is 0 Å². The molecular weight excluding hydrogens is 402 g/mol. The van der Waals surface area contributed by atoms with E-state index in [1.165, 1.54) is 4.70 Å². The van der Waals surface area contributed by atoms with Gasteiger partial charge in [0.05, 0.1) is 10.2 Å². The van der Waals surface area contributed by atoms with Crippen molar-refractivity contribution in [1.82, 2.24) is 9.88 Å². The Bertz CT molecular complexity index is 1200. The van der Waals surface area contributed by atoms with Crippen LogP contribution in [0.3, 0.4) is 0 Å². The second kappa shape index (κ2) is 7.50. The molecule has 0 unspecified atom stereocenters. The molecule has 5 heteroatoms. The third-order valence-electron chi connectivity index (χ3n) is 6.57. The molecule has 6 rings (SSSR count). The molecule has 0 radical (unpaired) electrons. The van der Waals surface area contributed by atoms with E-state index in [4.69, 9.17) is 4.98 Å². The number of nitrogens with zero attached hydrogens (tertiary/aromatic N) is 3. The van der Waals surface area contributed by atoms with Gasteiger partial charge < -0.3 is 9.80 Å². The van der Waals surface area contributed by atoms with Crippen LogP contribution in [0.1, 0.15) is 10.4 Å². The molecule has 3 heterocycles. The molecule has 3 aromatic carbocycles. The lowest BCUT2D eigenvalue weighted by Crippen LogP contribution is -2.33. The normalized spacial score (nSPS) is 20.4. The fourth-order valence-electron chi connectivity index (χ4n) is 5.02. The number of hydrogen-bond donors (Lipinski definition) is 0. The number of benzene rings is 3. The summed E-state index contributed by atoms with van der Waals surface area (Å²) in [6.45, 7) is 3.62. The first-order chi connectivity index (χ1) is 15.3. The molecule has 2 aliphatic heterocycles. The fourth-order valence-corrected chi connectivity index (χ4v) is 6.00. The van der Waals surface area contributed by atoms with Crippen LogP contribution in [-0.4, -0.2) is 42.0 Å². The molecule has 154 valence electrons. The van der Waals surface area contributed by atoms with Gasteiger partial charge in [-0.15, -0.1) is 0 Å². The third kappa shape index (κ3) is 3.29. The van der Waals surface area contributed by atoms with Crippen molar-refractivity contribution >= 4 is 32.6 Å². The highest BCUT2D eigenvalue weighted by Crippen LogP contribution is 2.38. The smallest absolute Gasteiger partial charge is 0.254 e. The maximum atomic E-state index is 13.4. The van der Waals surface area contributed by atoms with E-state index in [-0.39, 0.29) is 5.91 Å². The van der Waals surface area contributed by atoms with Gasteiger partial charge in [0.15, 0.2) is 5.13 Å². The number of fused-ring (bicyclic) bond motifs is 2. The van der Waals surface area contributed by atoms with E-state index >= 15 is 0 Å². The number of aromatic nitrogens is 1. The first-order valence-electron chi connectivity index (χ1n) is 10.8.